The monoisotopic (exact) mass is 295 g/mol. The van der Waals surface area contributed by atoms with Crippen LogP contribution in [0.4, 0.5) is 5.82 Å². The normalized spacial score (nSPS) is 15.5. The van der Waals surface area contributed by atoms with Crippen LogP contribution in [0.1, 0.15) is 42.5 Å². The molecule has 114 valence electrons. The highest BCUT2D eigenvalue weighted by Gasteiger charge is 2.19. The maximum atomic E-state index is 12.5. The Kier molecular flexibility index (Phi) is 4.37. The van der Waals surface area contributed by atoms with Crippen molar-refractivity contribution >= 4 is 11.7 Å². The number of benzene rings is 1. The molecule has 3 rings (SSSR count). The number of hydrogen-bond acceptors (Lipinski definition) is 3. The van der Waals surface area contributed by atoms with Crippen LogP contribution < -0.4 is 11.1 Å². The third-order valence-electron chi connectivity index (χ3n) is 4.21. The topological polar surface area (TPSA) is 68.0 Å². The fourth-order valence-corrected chi connectivity index (χ4v) is 2.96. The van der Waals surface area contributed by atoms with E-state index in [1.165, 1.54) is 19.3 Å². The Bertz CT molecular complexity index is 649. The fraction of sp³-hybridized carbons (Fsp3) is 0.333. The lowest BCUT2D eigenvalue weighted by molar-refractivity contribution is 0.0928. The predicted molar refractivity (Wildman–Crippen MR) is 88.4 cm³/mol. The second kappa shape index (κ2) is 6.60. The highest BCUT2D eigenvalue weighted by atomic mass is 16.1. The number of carbonyl (C=O) groups is 1. The van der Waals surface area contributed by atoms with E-state index in [0.29, 0.717) is 5.56 Å². The van der Waals surface area contributed by atoms with Crippen molar-refractivity contribution in [3.8, 4) is 11.1 Å². The molecule has 1 aromatic heterocycles. The van der Waals surface area contributed by atoms with E-state index in [1.54, 1.807) is 6.20 Å². The van der Waals surface area contributed by atoms with Gasteiger partial charge in [-0.3, -0.25) is 4.79 Å². The summed E-state index contributed by atoms with van der Waals surface area (Å²) in [5.74, 6) is 0.169. The lowest BCUT2D eigenvalue weighted by Crippen LogP contribution is -2.36. The highest BCUT2D eigenvalue weighted by Crippen LogP contribution is 2.23. The summed E-state index contributed by atoms with van der Waals surface area (Å²) in [4.78, 5) is 16.7. The number of aromatic nitrogens is 1. The van der Waals surface area contributed by atoms with Crippen molar-refractivity contribution in [2.45, 2.75) is 38.1 Å². The molecule has 1 saturated carbocycles. The molecule has 0 atom stereocenters. The number of anilines is 1. The summed E-state index contributed by atoms with van der Waals surface area (Å²) in [6, 6.07) is 12.0. The first-order valence-corrected chi connectivity index (χ1v) is 7.86. The zero-order valence-corrected chi connectivity index (χ0v) is 12.6. The third kappa shape index (κ3) is 3.27. The van der Waals surface area contributed by atoms with E-state index in [9.17, 15) is 4.79 Å². The van der Waals surface area contributed by atoms with Gasteiger partial charge in [0.25, 0.3) is 5.91 Å². The van der Waals surface area contributed by atoms with Gasteiger partial charge in [-0.15, -0.1) is 0 Å². The minimum Gasteiger partial charge on any atom is -0.383 e. The SMILES string of the molecule is Nc1ncc(-c2ccccc2)cc1C(=O)NC1CCCCC1. The van der Waals surface area contributed by atoms with Crippen molar-refractivity contribution in [2.24, 2.45) is 0 Å². The predicted octanol–water partition coefficient (Wildman–Crippen LogP) is 3.39. The molecule has 1 aliphatic carbocycles. The highest BCUT2D eigenvalue weighted by molar-refractivity contribution is 5.99. The second-order valence-corrected chi connectivity index (χ2v) is 5.83. The van der Waals surface area contributed by atoms with E-state index in [1.807, 2.05) is 36.4 Å². The van der Waals surface area contributed by atoms with Crippen LogP contribution in [0.2, 0.25) is 0 Å². The summed E-state index contributed by atoms with van der Waals surface area (Å²) in [5, 5.41) is 3.10. The number of pyridine rings is 1. The van der Waals surface area contributed by atoms with Gasteiger partial charge in [0.1, 0.15) is 5.82 Å². The molecule has 0 spiro atoms. The Labute approximate surface area is 130 Å². The van der Waals surface area contributed by atoms with Crippen LogP contribution in [0.25, 0.3) is 11.1 Å². The summed E-state index contributed by atoms with van der Waals surface area (Å²) in [6.45, 7) is 0. The number of amides is 1. The number of nitrogens with two attached hydrogens (primary N) is 1. The maximum absolute atomic E-state index is 12.5. The minimum atomic E-state index is -0.116. The van der Waals surface area contributed by atoms with E-state index >= 15 is 0 Å². The second-order valence-electron chi connectivity index (χ2n) is 5.83. The lowest BCUT2D eigenvalue weighted by atomic mass is 9.95. The van der Waals surface area contributed by atoms with Gasteiger partial charge >= 0.3 is 0 Å². The fourth-order valence-electron chi connectivity index (χ4n) is 2.96. The van der Waals surface area contributed by atoms with Crippen LogP contribution in [0, 0.1) is 0 Å². The van der Waals surface area contributed by atoms with Crippen molar-refractivity contribution in [1.82, 2.24) is 10.3 Å². The first kappa shape index (κ1) is 14.6. The molecule has 2 aromatic rings. The number of nitrogens with one attached hydrogen (secondary N) is 1. The Morgan fingerprint density at radius 3 is 2.55 bits per heavy atom. The average molecular weight is 295 g/mol. The van der Waals surface area contributed by atoms with Gasteiger partial charge < -0.3 is 11.1 Å². The van der Waals surface area contributed by atoms with E-state index in [2.05, 4.69) is 10.3 Å². The van der Waals surface area contributed by atoms with Crippen LogP contribution in [-0.2, 0) is 0 Å². The molecule has 1 amide bonds. The first-order chi connectivity index (χ1) is 10.7. The van der Waals surface area contributed by atoms with Gasteiger partial charge in [-0.25, -0.2) is 4.98 Å². The molecule has 0 radical (unpaired) electrons. The summed E-state index contributed by atoms with van der Waals surface area (Å²) in [5.41, 5.74) is 8.30. The first-order valence-electron chi connectivity index (χ1n) is 7.86. The van der Waals surface area contributed by atoms with Gasteiger partial charge in [0, 0.05) is 17.8 Å². The van der Waals surface area contributed by atoms with Gasteiger partial charge in [0.15, 0.2) is 0 Å². The van der Waals surface area contributed by atoms with Crippen LogP contribution in [0.3, 0.4) is 0 Å². The van der Waals surface area contributed by atoms with Crippen molar-refractivity contribution in [1.29, 1.82) is 0 Å². The van der Waals surface area contributed by atoms with Crippen LogP contribution in [0.5, 0.6) is 0 Å². The molecule has 4 nitrogen and oxygen atoms in total. The smallest absolute Gasteiger partial charge is 0.255 e. The van der Waals surface area contributed by atoms with Gasteiger partial charge in [-0.05, 0) is 24.5 Å². The minimum absolute atomic E-state index is 0.116. The van der Waals surface area contributed by atoms with Crippen molar-refractivity contribution in [3.63, 3.8) is 0 Å². The molecular formula is C18H21N3O. The largest absolute Gasteiger partial charge is 0.383 e. The lowest BCUT2D eigenvalue weighted by Gasteiger charge is -2.23. The molecule has 0 saturated heterocycles. The Morgan fingerprint density at radius 2 is 1.82 bits per heavy atom. The van der Waals surface area contributed by atoms with Crippen LogP contribution in [0.15, 0.2) is 42.6 Å². The molecule has 4 heteroatoms. The summed E-state index contributed by atoms with van der Waals surface area (Å²) >= 11 is 0. The molecule has 0 unspecified atom stereocenters. The number of nitrogens with zero attached hydrogens (tertiary/aromatic N) is 1. The number of rotatable bonds is 3. The molecule has 1 aromatic carbocycles. The summed E-state index contributed by atoms with van der Waals surface area (Å²) < 4.78 is 0. The van der Waals surface area contributed by atoms with E-state index in [4.69, 9.17) is 5.73 Å². The van der Waals surface area contributed by atoms with Crippen molar-refractivity contribution in [2.75, 3.05) is 5.73 Å². The number of carbonyl (C=O) groups excluding carboxylic acids is 1. The van der Waals surface area contributed by atoms with Gasteiger partial charge in [-0.2, -0.15) is 0 Å². The Morgan fingerprint density at radius 1 is 1.09 bits per heavy atom. The molecular weight excluding hydrogens is 274 g/mol. The third-order valence-corrected chi connectivity index (χ3v) is 4.21. The van der Waals surface area contributed by atoms with Crippen molar-refractivity contribution < 1.29 is 4.79 Å². The molecule has 22 heavy (non-hydrogen) atoms. The van der Waals surface area contributed by atoms with E-state index in [-0.39, 0.29) is 17.8 Å². The van der Waals surface area contributed by atoms with Gasteiger partial charge in [0.2, 0.25) is 0 Å². The van der Waals surface area contributed by atoms with E-state index in [0.717, 1.165) is 24.0 Å². The quantitative estimate of drug-likeness (QED) is 0.912. The van der Waals surface area contributed by atoms with Gasteiger partial charge in [-0.1, -0.05) is 49.6 Å². The summed E-state index contributed by atoms with van der Waals surface area (Å²) in [6.07, 6.45) is 7.45. The Balaban J connectivity index is 1.81. The molecule has 0 aliphatic heterocycles. The van der Waals surface area contributed by atoms with E-state index < -0.39 is 0 Å². The molecule has 1 fully saturated rings. The molecule has 1 heterocycles. The Hall–Kier alpha value is -2.36. The average Bonchev–Trinajstić information content (AvgIpc) is 2.57. The maximum Gasteiger partial charge on any atom is 0.255 e. The standard InChI is InChI=1S/C18H21N3O/c19-17-16(18(22)21-15-9-5-2-6-10-15)11-14(12-20-17)13-7-3-1-4-8-13/h1,3-4,7-8,11-12,15H,2,5-6,9-10H2,(H2,19,20)(H,21,22). The number of hydrogen-bond donors (Lipinski definition) is 2. The van der Waals surface area contributed by atoms with Crippen LogP contribution in [-0.4, -0.2) is 16.9 Å². The summed E-state index contributed by atoms with van der Waals surface area (Å²) in [7, 11) is 0. The molecule has 0 bridgehead atoms. The zero-order valence-electron chi connectivity index (χ0n) is 12.6. The zero-order chi connectivity index (χ0) is 15.4. The molecule has 3 N–H and O–H groups in total. The van der Waals surface area contributed by atoms with Gasteiger partial charge in [0.05, 0.1) is 5.56 Å². The van der Waals surface area contributed by atoms with Crippen LogP contribution >= 0.6 is 0 Å². The number of nitrogen functional groups attached to an aromatic ring is 1. The van der Waals surface area contributed by atoms with Crippen molar-refractivity contribution in [3.05, 3.63) is 48.2 Å². The molecule has 1 aliphatic rings.